The van der Waals surface area contributed by atoms with Crippen LogP contribution in [0.5, 0.6) is 0 Å². The molecule has 0 aliphatic rings. The smallest absolute Gasteiger partial charge is 0.253 e. The van der Waals surface area contributed by atoms with Crippen molar-refractivity contribution in [3.8, 4) is 0 Å². The highest BCUT2D eigenvalue weighted by Crippen LogP contribution is 2.20. The number of aryl methyl sites for hydroxylation is 1. The summed E-state index contributed by atoms with van der Waals surface area (Å²) in [6.07, 6.45) is 2.58. The molecule has 0 saturated carbocycles. The molecule has 0 fully saturated rings. The molecule has 21 heavy (non-hydrogen) atoms. The fourth-order valence-corrected chi connectivity index (χ4v) is 2.22. The van der Waals surface area contributed by atoms with E-state index in [1.54, 1.807) is 16.8 Å². The predicted octanol–water partition coefficient (Wildman–Crippen LogP) is 2.48. The van der Waals surface area contributed by atoms with Crippen LogP contribution in [0.3, 0.4) is 0 Å². The van der Waals surface area contributed by atoms with E-state index in [4.69, 9.17) is 11.6 Å². The first-order chi connectivity index (χ1) is 10.1. The molecule has 0 bridgehead atoms. The maximum Gasteiger partial charge on any atom is 0.253 e. The van der Waals surface area contributed by atoms with Crippen molar-refractivity contribution >= 4 is 23.2 Å². The molecule has 6 heteroatoms. The monoisotopic (exact) mass is 306 g/mol. The van der Waals surface area contributed by atoms with Gasteiger partial charge in [0.15, 0.2) is 0 Å². The van der Waals surface area contributed by atoms with E-state index in [2.05, 4.69) is 15.7 Å². The number of aromatic nitrogens is 2. The number of nitrogens with zero attached hydrogens (tertiary/aromatic N) is 2. The van der Waals surface area contributed by atoms with Crippen LogP contribution in [0.25, 0.3) is 0 Å². The average molecular weight is 307 g/mol. The maximum atomic E-state index is 12.3. The number of anilines is 1. The van der Waals surface area contributed by atoms with Crippen molar-refractivity contribution < 1.29 is 4.79 Å². The second-order valence-electron chi connectivity index (χ2n) is 4.71. The quantitative estimate of drug-likeness (QED) is 0.862. The molecule has 1 amide bonds. The van der Waals surface area contributed by atoms with Gasteiger partial charge >= 0.3 is 0 Å². The molecule has 0 unspecified atom stereocenters. The SMILES string of the molecule is CCNc1ccc(Cl)cc1C(=O)NCCc1ccn(C)n1. The van der Waals surface area contributed by atoms with Crippen molar-refractivity contribution in [1.82, 2.24) is 15.1 Å². The number of hydrogen-bond donors (Lipinski definition) is 2. The summed E-state index contributed by atoms with van der Waals surface area (Å²) in [6, 6.07) is 7.20. The summed E-state index contributed by atoms with van der Waals surface area (Å²) in [7, 11) is 1.87. The molecule has 112 valence electrons. The number of rotatable bonds is 6. The molecule has 1 aromatic carbocycles. The van der Waals surface area contributed by atoms with Crippen LogP contribution in [0, 0.1) is 0 Å². The maximum absolute atomic E-state index is 12.3. The number of nitrogens with one attached hydrogen (secondary N) is 2. The van der Waals surface area contributed by atoms with Gasteiger partial charge in [-0.2, -0.15) is 5.10 Å². The first-order valence-corrected chi connectivity index (χ1v) is 7.28. The van der Waals surface area contributed by atoms with Gasteiger partial charge in [0.05, 0.1) is 11.3 Å². The molecule has 2 rings (SSSR count). The molecule has 0 aliphatic heterocycles. The average Bonchev–Trinajstić information content (AvgIpc) is 2.86. The van der Waals surface area contributed by atoms with Crippen molar-refractivity contribution in [3.63, 3.8) is 0 Å². The van der Waals surface area contributed by atoms with Crippen molar-refractivity contribution in [2.24, 2.45) is 7.05 Å². The van der Waals surface area contributed by atoms with Crippen molar-refractivity contribution in [3.05, 3.63) is 46.7 Å². The molecule has 0 spiro atoms. The molecule has 0 saturated heterocycles. The minimum Gasteiger partial charge on any atom is -0.385 e. The van der Waals surface area contributed by atoms with E-state index in [-0.39, 0.29) is 5.91 Å². The van der Waals surface area contributed by atoms with Gasteiger partial charge in [-0.05, 0) is 31.2 Å². The first kappa shape index (κ1) is 15.4. The van der Waals surface area contributed by atoms with Gasteiger partial charge in [0.2, 0.25) is 0 Å². The molecule has 1 heterocycles. The van der Waals surface area contributed by atoms with Gasteiger partial charge in [-0.25, -0.2) is 0 Å². The third kappa shape index (κ3) is 4.23. The van der Waals surface area contributed by atoms with Crippen molar-refractivity contribution in [1.29, 1.82) is 0 Å². The van der Waals surface area contributed by atoms with E-state index < -0.39 is 0 Å². The minimum absolute atomic E-state index is 0.135. The molecule has 0 atom stereocenters. The van der Waals surface area contributed by atoms with Gasteiger partial charge in [-0.1, -0.05) is 11.6 Å². The summed E-state index contributed by atoms with van der Waals surface area (Å²) in [5.74, 6) is -0.135. The van der Waals surface area contributed by atoms with Crippen LogP contribution in [0.4, 0.5) is 5.69 Å². The number of carbonyl (C=O) groups excluding carboxylic acids is 1. The zero-order valence-corrected chi connectivity index (χ0v) is 12.9. The van der Waals surface area contributed by atoms with Gasteiger partial charge in [0.25, 0.3) is 5.91 Å². The number of halogens is 1. The van der Waals surface area contributed by atoms with E-state index in [1.807, 2.05) is 32.3 Å². The number of amides is 1. The zero-order valence-electron chi connectivity index (χ0n) is 12.2. The first-order valence-electron chi connectivity index (χ1n) is 6.90. The lowest BCUT2D eigenvalue weighted by atomic mass is 10.1. The summed E-state index contributed by atoms with van der Waals surface area (Å²) in [5, 5.41) is 10.9. The Morgan fingerprint density at radius 2 is 2.19 bits per heavy atom. The topological polar surface area (TPSA) is 59.0 Å². The largest absolute Gasteiger partial charge is 0.385 e. The van der Waals surface area contributed by atoms with Crippen LogP contribution in [0.2, 0.25) is 5.02 Å². The van der Waals surface area contributed by atoms with Gasteiger partial charge in [0.1, 0.15) is 0 Å². The highest BCUT2D eigenvalue weighted by atomic mass is 35.5. The number of hydrogen-bond acceptors (Lipinski definition) is 3. The van der Waals surface area contributed by atoms with Crippen LogP contribution < -0.4 is 10.6 Å². The normalized spacial score (nSPS) is 10.4. The molecule has 0 aliphatic carbocycles. The van der Waals surface area contributed by atoms with Crippen LogP contribution in [-0.4, -0.2) is 28.8 Å². The summed E-state index contributed by atoms with van der Waals surface area (Å²) in [6.45, 7) is 3.27. The minimum atomic E-state index is -0.135. The highest BCUT2D eigenvalue weighted by molar-refractivity contribution is 6.31. The third-order valence-electron chi connectivity index (χ3n) is 3.03. The van der Waals surface area contributed by atoms with Crippen LogP contribution >= 0.6 is 11.6 Å². The fraction of sp³-hybridized carbons (Fsp3) is 0.333. The Balaban J connectivity index is 1.97. The van der Waals surface area contributed by atoms with Crippen molar-refractivity contribution in [2.45, 2.75) is 13.3 Å². The predicted molar refractivity (Wildman–Crippen MR) is 84.9 cm³/mol. The third-order valence-corrected chi connectivity index (χ3v) is 3.26. The molecule has 1 aromatic heterocycles. The summed E-state index contributed by atoms with van der Waals surface area (Å²) in [5.41, 5.74) is 2.30. The van der Waals surface area contributed by atoms with Gasteiger partial charge < -0.3 is 10.6 Å². The Kier molecular flexibility index (Phi) is 5.22. The number of carbonyl (C=O) groups is 1. The summed E-state index contributed by atoms with van der Waals surface area (Å²) < 4.78 is 1.75. The second kappa shape index (κ2) is 7.13. The Morgan fingerprint density at radius 3 is 2.86 bits per heavy atom. The molecular weight excluding hydrogens is 288 g/mol. The Bertz CT molecular complexity index is 624. The molecule has 2 aromatic rings. The second-order valence-corrected chi connectivity index (χ2v) is 5.14. The van der Waals surface area contributed by atoms with Gasteiger partial charge in [0, 0.05) is 43.5 Å². The molecule has 0 radical (unpaired) electrons. The number of benzene rings is 1. The lowest BCUT2D eigenvalue weighted by Gasteiger charge is -2.11. The fourth-order valence-electron chi connectivity index (χ4n) is 2.04. The molecule has 2 N–H and O–H groups in total. The van der Waals surface area contributed by atoms with E-state index >= 15 is 0 Å². The van der Waals surface area contributed by atoms with Crippen LogP contribution in [-0.2, 0) is 13.5 Å². The Morgan fingerprint density at radius 1 is 1.38 bits per heavy atom. The summed E-state index contributed by atoms with van der Waals surface area (Å²) >= 11 is 5.97. The standard InChI is InChI=1S/C15H19ClN4O/c1-3-17-14-5-4-11(16)10-13(14)15(21)18-8-6-12-7-9-20(2)19-12/h4-5,7,9-10,17H,3,6,8H2,1-2H3,(H,18,21). The van der Waals surface area contributed by atoms with Gasteiger partial charge in [-0.15, -0.1) is 0 Å². The van der Waals surface area contributed by atoms with E-state index in [9.17, 15) is 4.79 Å². The van der Waals surface area contributed by atoms with E-state index in [1.165, 1.54) is 0 Å². The highest BCUT2D eigenvalue weighted by Gasteiger charge is 2.11. The van der Waals surface area contributed by atoms with Crippen LogP contribution in [0.15, 0.2) is 30.5 Å². The Labute approximate surface area is 129 Å². The Hall–Kier alpha value is -2.01. The van der Waals surface area contributed by atoms with E-state index in [0.717, 1.165) is 17.9 Å². The summed E-state index contributed by atoms with van der Waals surface area (Å²) in [4.78, 5) is 12.3. The molecular formula is C15H19ClN4O. The molecule has 5 nitrogen and oxygen atoms in total. The van der Waals surface area contributed by atoms with Gasteiger partial charge in [-0.3, -0.25) is 9.48 Å². The zero-order chi connectivity index (χ0) is 15.2. The lowest BCUT2D eigenvalue weighted by Crippen LogP contribution is -2.26. The van der Waals surface area contributed by atoms with Crippen molar-refractivity contribution in [2.75, 3.05) is 18.4 Å². The van der Waals surface area contributed by atoms with E-state index in [0.29, 0.717) is 23.6 Å². The lowest BCUT2D eigenvalue weighted by molar-refractivity contribution is 0.0955. The van der Waals surface area contributed by atoms with Crippen LogP contribution in [0.1, 0.15) is 23.0 Å².